The number of benzene rings is 2. The Kier molecular flexibility index (Phi) is 6.53. The van der Waals surface area contributed by atoms with Crippen molar-refractivity contribution in [2.45, 2.75) is 44.7 Å². The Bertz CT molecular complexity index is 2060. The van der Waals surface area contributed by atoms with E-state index >= 15 is 0 Å². The van der Waals surface area contributed by atoms with Crippen LogP contribution in [-0.2, 0) is 18.4 Å². The topological polar surface area (TPSA) is 189 Å². The smallest absolute Gasteiger partial charge is 0.270 e. The quantitative estimate of drug-likeness (QED) is 0.201. The average molecular weight is 604 g/mol. The molecular weight excluding hydrogens is 574 g/mol. The molecular formula is C32H29N9O4. The van der Waals surface area contributed by atoms with Gasteiger partial charge in [0.2, 0.25) is 0 Å². The van der Waals surface area contributed by atoms with Crippen LogP contribution in [0.2, 0.25) is 0 Å². The summed E-state index contributed by atoms with van der Waals surface area (Å²) in [5.74, 6) is -0.186. The zero-order valence-corrected chi connectivity index (χ0v) is 24.5. The second-order valence-electron chi connectivity index (χ2n) is 12.0. The Morgan fingerprint density at radius 2 is 1.80 bits per heavy atom. The first kappa shape index (κ1) is 28.1. The third-order valence-electron chi connectivity index (χ3n) is 8.63. The molecule has 7 rings (SSSR count). The standard InChI is InChI=1S/C32H29N9O4/c1-32(2)13-41(26-25(33)27(42)28(26)43)24-9-16(3-7-20(24)32)12-34-30(44)22-11-23(36-14-35-22)31(45)39-21-8-5-17-10-18(4-6-19(17)21)29-37-15-38-40-29/h3-4,6-7,9-11,14-15,21H,5,8,12-13,33H2,1-2H3,(H,34,44)(H,39,45)(H,37,38,40)/t21-/m0/s1. The number of fused-ring (bicyclic) bond motifs is 2. The van der Waals surface area contributed by atoms with Crippen LogP contribution in [0.15, 0.2) is 64.7 Å². The second-order valence-corrected chi connectivity index (χ2v) is 12.0. The highest BCUT2D eigenvalue weighted by Crippen LogP contribution is 2.45. The summed E-state index contributed by atoms with van der Waals surface area (Å²) < 4.78 is 0. The van der Waals surface area contributed by atoms with Gasteiger partial charge in [-0.1, -0.05) is 38.1 Å². The molecule has 45 heavy (non-hydrogen) atoms. The summed E-state index contributed by atoms with van der Waals surface area (Å²) in [7, 11) is 0. The number of nitrogens with zero attached hydrogens (tertiary/aromatic N) is 5. The van der Waals surface area contributed by atoms with Crippen LogP contribution in [0.25, 0.3) is 11.4 Å². The van der Waals surface area contributed by atoms with Crippen molar-refractivity contribution < 1.29 is 9.59 Å². The van der Waals surface area contributed by atoms with E-state index in [9.17, 15) is 19.2 Å². The molecule has 3 aromatic carbocycles. The van der Waals surface area contributed by atoms with Crippen molar-refractivity contribution in [2.75, 3.05) is 17.2 Å². The third-order valence-corrected chi connectivity index (χ3v) is 8.63. The Labute approximate surface area is 256 Å². The van der Waals surface area contributed by atoms with Crippen LogP contribution < -0.4 is 32.1 Å². The summed E-state index contributed by atoms with van der Waals surface area (Å²) in [5, 5.41) is 12.6. The van der Waals surface area contributed by atoms with E-state index in [4.69, 9.17) is 5.73 Å². The van der Waals surface area contributed by atoms with Crippen molar-refractivity contribution >= 4 is 28.9 Å². The molecule has 5 aromatic rings. The van der Waals surface area contributed by atoms with Crippen LogP contribution in [0, 0.1) is 0 Å². The maximum Gasteiger partial charge on any atom is 0.270 e. The minimum atomic E-state index is -0.664. The maximum absolute atomic E-state index is 13.1. The fourth-order valence-corrected chi connectivity index (χ4v) is 6.28. The highest BCUT2D eigenvalue weighted by atomic mass is 16.2. The van der Waals surface area contributed by atoms with Gasteiger partial charge in [0.15, 0.2) is 5.82 Å². The van der Waals surface area contributed by atoms with Gasteiger partial charge in [-0.3, -0.25) is 24.3 Å². The summed E-state index contributed by atoms with van der Waals surface area (Å²) in [4.78, 5) is 64.4. The predicted molar refractivity (Wildman–Crippen MR) is 166 cm³/mol. The van der Waals surface area contributed by atoms with Gasteiger partial charge in [0.1, 0.15) is 35.4 Å². The van der Waals surface area contributed by atoms with Gasteiger partial charge in [0.05, 0.1) is 6.04 Å². The van der Waals surface area contributed by atoms with Gasteiger partial charge in [0, 0.05) is 35.8 Å². The molecule has 13 heteroatoms. The van der Waals surface area contributed by atoms with E-state index in [1.54, 1.807) is 4.90 Å². The van der Waals surface area contributed by atoms with E-state index in [-0.39, 0.29) is 40.8 Å². The number of hydrogen-bond donors (Lipinski definition) is 4. The first-order valence-electron chi connectivity index (χ1n) is 14.5. The third kappa shape index (κ3) is 4.82. The van der Waals surface area contributed by atoms with Crippen LogP contribution in [0.1, 0.15) is 69.5 Å². The number of nitrogens with two attached hydrogens (primary N) is 1. The zero-order valence-electron chi connectivity index (χ0n) is 24.5. The number of carbonyl (C=O) groups excluding carboxylic acids is 2. The molecule has 0 fully saturated rings. The van der Waals surface area contributed by atoms with Crippen molar-refractivity contribution in [3.8, 4) is 11.4 Å². The molecule has 0 spiro atoms. The molecule has 2 aliphatic rings. The highest BCUT2D eigenvalue weighted by molar-refractivity contribution is 5.97. The second kappa shape index (κ2) is 10.5. The van der Waals surface area contributed by atoms with E-state index < -0.39 is 22.7 Å². The normalized spacial score (nSPS) is 16.4. The largest absolute Gasteiger partial charge is 0.394 e. The van der Waals surface area contributed by atoms with Crippen molar-refractivity contribution in [3.63, 3.8) is 0 Å². The first-order valence-corrected chi connectivity index (χ1v) is 14.5. The van der Waals surface area contributed by atoms with Gasteiger partial charge >= 0.3 is 0 Å². The molecule has 13 nitrogen and oxygen atoms in total. The van der Waals surface area contributed by atoms with Crippen LogP contribution >= 0.6 is 0 Å². The molecule has 0 unspecified atom stereocenters. The summed E-state index contributed by atoms with van der Waals surface area (Å²) in [6.45, 7) is 4.77. The van der Waals surface area contributed by atoms with Crippen molar-refractivity contribution in [3.05, 3.63) is 109 Å². The molecule has 3 heterocycles. The number of rotatable bonds is 7. The Hall–Kier alpha value is -5.72. The SMILES string of the molecule is CC1(C)CN(c2c(N)c(=O)c2=O)c2cc(CNC(=O)c3cc(C(=O)N[C@H]4CCc5cc(-c6ncn[nH]6)ccc54)ncn3)ccc21. The number of carbonyl (C=O) groups is 2. The Morgan fingerprint density at radius 1 is 1.00 bits per heavy atom. The Balaban J connectivity index is 1.02. The number of anilines is 3. The average Bonchev–Trinajstić information content (AvgIpc) is 3.78. The van der Waals surface area contributed by atoms with Crippen molar-refractivity contribution in [1.82, 2.24) is 35.8 Å². The lowest BCUT2D eigenvalue weighted by atomic mass is 9.86. The van der Waals surface area contributed by atoms with E-state index in [2.05, 4.69) is 55.7 Å². The van der Waals surface area contributed by atoms with E-state index in [1.807, 2.05) is 30.3 Å². The lowest BCUT2D eigenvalue weighted by Crippen LogP contribution is -2.41. The predicted octanol–water partition coefficient (Wildman–Crippen LogP) is 2.22. The Morgan fingerprint density at radius 3 is 2.56 bits per heavy atom. The number of nitrogens with one attached hydrogen (secondary N) is 3. The molecule has 226 valence electrons. The molecule has 1 atom stereocenters. The molecule has 1 aliphatic heterocycles. The van der Waals surface area contributed by atoms with Gasteiger partial charge in [-0.25, -0.2) is 15.0 Å². The summed E-state index contributed by atoms with van der Waals surface area (Å²) in [5.41, 5.74) is 10.3. The minimum Gasteiger partial charge on any atom is -0.394 e. The number of aryl methyl sites for hydroxylation is 1. The van der Waals surface area contributed by atoms with Crippen molar-refractivity contribution in [2.24, 2.45) is 0 Å². The molecule has 0 saturated carbocycles. The van der Waals surface area contributed by atoms with Crippen LogP contribution in [-0.4, -0.2) is 43.5 Å². The summed E-state index contributed by atoms with van der Waals surface area (Å²) in [6, 6.07) is 12.9. The number of aromatic nitrogens is 5. The fraction of sp³-hybridized carbons (Fsp3) is 0.250. The lowest BCUT2D eigenvalue weighted by Gasteiger charge is -2.24. The van der Waals surface area contributed by atoms with E-state index in [0.29, 0.717) is 12.4 Å². The number of aromatic amines is 1. The molecule has 2 aromatic heterocycles. The minimum absolute atomic E-state index is 0.0277. The molecule has 5 N–H and O–H groups in total. The van der Waals surface area contributed by atoms with E-state index in [0.717, 1.165) is 46.3 Å². The molecule has 1 aliphatic carbocycles. The maximum atomic E-state index is 13.1. The lowest BCUT2D eigenvalue weighted by molar-refractivity contribution is 0.0931. The highest BCUT2D eigenvalue weighted by Gasteiger charge is 2.39. The number of H-pyrrole nitrogens is 1. The van der Waals surface area contributed by atoms with E-state index in [1.165, 1.54) is 18.7 Å². The van der Waals surface area contributed by atoms with Crippen LogP contribution in [0.5, 0.6) is 0 Å². The van der Waals surface area contributed by atoms with Gasteiger partial charge in [0.25, 0.3) is 22.7 Å². The molecule has 0 saturated heterocycles. The summed E-state index contributed by atoms with van der Waals surface area (Å²) >= 11 is 0. The molecule has 2 amide bonds. The molecule has 0 radical (unpaired) electrons. The van der Waals surface area contributed by atoms with Crippen LogP contribution in [0.3, 0.4) is 0 Å². The number of amides is 2. The number of nitrogen functional groups attached to an aromatic ring is 1. The van der Waals surface area contributed by atoms with Crippen molar-refractivity contribution in [1.29, 1.82) is 0 Å². The first-order chi connectivity index (χ1) is 21.6. The van der Waals surface area contributed by atoms with Gasteiger partial charge in [-0.05, 0) is 47.2 Å². The fourth-order valence-electron chi connectivity index (χ4n) is 6.28. The van der Waals surface area contributed by atoms with Gasteiger partial charge < -0.3 is 21.3 Å². The van der Waals surface area contributed by atoms with Crippen LogP contribution in [0.4, 0.5) is 17.1 Å². The molecule has 0 bridgehead atoms. The van der Waals surface area contributed by atoms with Gasteiger partial charge in [-0.15, -0.1) is 0 Å². The zero-order chi connectivity index (χ0) is 31.5. The monoisotopic (exact) mass is 603 g/mol. The number of hydrogen-bond acceptors (Lipinski definition) is 10. The summed E-state index contributed by atoms with van der Waals surface area (Å²) in [6.07, 6.45) is 4.20. The van der Waals surface area contributed by atoms with Gasteiger partial charge in [-0.2, -0.15) is 5.10 Å².